The Balaban J connectivity index is 2.29. The fourth-order valence-electron chi connectivity index (χ4n) is 1.92. The van der Waals surface area contributed by atoms with Gasteiger partial charge in [-0.05, 0) is 42.8 Å². The number of nitrogens with one attached hydrogen (secondary N) is 2. The Kier molecular flexibility index (Phi) is 6.10. The van der Waals surface area contributed by atoms with Gasteiger partial charge in [0, 0.05) is 17.1 Å². The number of sulfonamides is 1. The van der Waals surface area contributed by atoms with E-state index in [2.05, 4.69) is 10.0 Å². The number of amides is 1. The van der Waals surface area contributed by atoms with Gasteiger partial charge >= 0.3 is 0 Å². The predicted molar refractivity (Wildman–Crippen MR) is 96.3 cm³/mol. The highest BCUT2D eigenvalue weighted by atomic mass is 35.5. The average molecular weight is 387 g/mol. The third-order valence-corrected chi connectivity index (χ3v) is 5.04. The van der Waals surface area contributed by atoms with Gasteiger partial charge in [0.15, 0.2) is 0 Å². The van der Waals surface area contributed by atoms with E-state index in [1.54, 1.807) is 12.1 Å². The average Bonchev–Trinajstić information content (AvgIpc) is 2.56. The lowest BCUT2D eigenvalue weighted by Gasteiger charge is -2.11. The summed E-state index contributed by atoms with van der Waals surface area (Å²) in [6.07, 6.45) is 0.790. The van der Waals surface area contributed by atoms with E-state index in [1.807, 2.05) is 6.92 Å². The summed E-state index contributed by atoms with van der Waals surface area (Å²) >= 11 is 11.8. The van der Waals surface area contributed by atoms with Crippen LogP contribution in [0.2, 0.25) is 10.0 Å². The third kappa shape index (κ3) is 4.63. The summed E-state index contributed by atoms with van der Waals surface area (Å²) in [5, 5.41) is 3.27. The molecule has 128 valence electrons. The van der Waals surface area contributed by atoms with Crippen molar-refractivity contribution in [2.45, 2.75) is 18.2 Å². The maximum atomic E-state index is 12.5. The van der Waals surface area contributed by atoms with Crippen LogP contribution >= 0.6 is 23.2 Å². The summed E-state index contributed by atoms with van der Waals surface area (Å²) in [5.74, 6) is -0.324. The Morgan fingerprint density at radius 3 is 2.58 bits per heavy atom. The first-order valence-corrected chi connectivity index (χ1v) is 9.43. The topological polar surface area (TPSA) is 75.3 Å². The molecule has 0 bridgehead atoms. The Hall–Kier alpha value is -1.76. The van der Waals surface area contributed by atoms with Gasteiger partial charge in [-0.15, -0.1) is 0 Å². The molecule has 0 aliphatic carbocycles. The number of hydrogen-bond donors (Lipinski definition) is 2. The van der Waals surface area contributed by atoms with Crippen LogP contribution in [0.4, 0.5) is 5.69 Å². The molecule has 0 fully saturated rings. The van der Waals surface area contributed by atoms with Gasteiger partial charge in [0.1, 0.15) is 0 Å². The molecule has 2 aromatic carbocycles. The fourth-order valence-corrected chi connectivity index (χ4v) is 3.43. The Morgan fingerprint density at radius 1 is 1.12 bits per heavy atom. The van der Waals surface area contributed by atoms with Crippen molar-refractivity contribution < 1.29 is 13.2 Å². The van der Waals surface area contributed by atoms with Crippen molar-refractivity contribution >= 4 is 44.8 Å². The molecule has 24 heavy (non-hydrogen) atoms. The molecular weight excluding hydrogens is 371 g/mol. The lowest BCUT2D eigenvalue weighted by molar-refractivity contribution is 0.0953. The second-order valence-electron chi connectivity index (χ2n) is 5.01. The van der Waals surface area contributed by atoms with E-state index >= 15 is 0 Å². The smallest absolute Gasteiger partial charge is 0.261 e. The molecular formula is C16H16Cl2N2O3S. The van der Waals surface area contributed by atoms with Gasteiger partial charge in [0.05, 0.1) is 15.6 Å². The molecule has 0 atom stereocenters. The van der Waals surface area contributed by atoms with E-state index in [0.29, 0.717) is 11.6 Å². The summed E-state index contributed by atoms with van der Waals surface area (Å²) in [6.45, 7) is 2.45. The van der Waals surface area contributed by atoms with Crippen molar-refractivity contribution in [1.29, 1.82) is 0 Å². The minimum Gasteiger partial charge on any atom is -0.352 e. The van der Waals surface area contributed by atoms with Gasteiger partial charge in [-0.3, -0.25) is 9.52 Å². The van der Waals surface area contributed by atoms with E-state index in [0.717, 1.165) is 6.42 Å². The molecule has 0 saturated carbocycles. The molecule has 0 heterocycles. The highest BCUT2D eigenvalue weighted by molar-refractivity contribution is 7.92. The second kappa shape index (κ2) is 7.88. The molecule has 0 saturated heterocycles. The molecule has 0 aliphatic rings. The molecule has 1 amide bonds. The minimum absolute atomic E-state index is 0.0392. The van der Waals surface area contributed by atoms with E-state index in [1.165, 1.54) is 30.3 Å². The molecule has 5 nitrogen and oxygen atoms in total. The summed E-state index contributed by atoms with van der Waals surface area (Å²) in [5.41, 5.74) is 0.438. The van der Waals surface area contributed by atoms with Crippen molar-refractivity contribution in [2.75, 3.05) is 11.3 Å². The summed E-state index contributed by atoms with van der Waals surface area (Å²) < 4.78 is 27.4. The summed E-state index contributed by atoms with van der Waals surface area (Å²) in [6, 6.07) is 10.2. The Bertz CT molecular complexity index is 854. The normalized spacial score (nSPS) is 11.1. The van der Waals surface area contributed by atoms with Crippen molar-refractivity contribution in [1.82, 2.24) is 5.32 Å². The van der Waals surface area contributed by atoms with E-state index < -0.39 is 10.0 Å². The van der Waals surface area contributed by atoms with Gasteiger partial charge in [0.25, 0.3) is 15.9 Å². The van der Waals surface area contributed by atoms with E-state index in [4.69, 9.17) is 23.2 Å². The van der Waals surface area contributed by atoms with Crippen molar-refractivity contribution in [2.24, 2.45) is 0 Å². The van der Waals surface area contributed by atoms with Gasteiger partial charge in [-0.2, -0.15) is 0 Å². The zero-order chi connectivity index (χ0) is 17.7. The van der Waals surface area contributed by atoms with Crippen LogP contribution < -0.4 is 10.0 Å². The van der Waals surface area contributed by atoms with Crippen LogP contribution in [0.25, 0.3) is 0 Å². The van der Waals surface area contributed by atoms with Gasteiger partial charge in [0.2, 0.25) is 0 Å². The summed E-state index contributed by atoms with van der Waals surface area (Å²) in [4.78, 5) is 11.9. The van der Waals surface area contributed by atoms with Crippen LogP contribution in [-0.4, -0.2) is 20.9 Å². The number of benzene rings is 2. The number of halogens is 2. The predicted octanol–water partition coefficient (Wildman–Crippen LogP) is 3.93. The zero-order valence-corrected chi connectivity index (χ0v) is 15.2. The molecule has 2 aromatic rings. The first kappa shape index (κ1) is 18.6. The Labute approximate surface area is 151 Å². The highest BCUT2D eigenvalue weighted by Crippen LogP contribution is 2.27. The molecule has 2 N–H and O–H groups in total. The number of hydrogen-bond acceptors (Lipinski definition) is 3. The second-order valence-corrected chi connectivity index (χ2v) is 7.54. The third-order valence-electron chi connectivity index (χ3n) is 3.11. The van der Waals surface area contributed by atoms with Crippen LogP contribution in [0.1, 0.15) is 23.7 Å². The van der Waals surface area contributed by atoms with Crippen molar-refractivity contribution in [3.05, 3.63) is 58.1 Å². The molecule has 0 radical (unpaired) electrons. The summed E-state index contributed by atoms with van der Waals surface area (Å²) in [7, 11) is -3.90. The lowest BCUT2D eigenvalue weighted by Crippen LogP contribution is -2.24. The van der Waals surface area contributed by atoms with Gasteiger partial charge in [-0.1, -0.05) is 36.2 Å². The quantitative estimate of drug-likeness (QED) is 0.789. The largest absolute Gasteiger partial charge is 0.352 e. The van der Waals surface area contributed by atoms with Gasteiger partial charge < -0.3 is 5.32 Å². The van der Waals surface area contributed by atoms with Crippen LogP contribution in [0.3, 0.4) is 0 Å². The van der Waals surface area contributed by atoms with Crippen molar-refractivity contribution in [3.63, 3.8) is 0 Å². The number of carbonyl (C=O) groups excluding carboxylic acids is 1. The molecule has 0 aliphatic heterocycles. The first-order valence-electron chi connectivity index (χ1n) is 7.19. The lowest BCUT2D eigenvalue weighted by atomic mass is 10.2. The Morgan fingerprint density at radius 2 is 1.88 bits per heavy atom. The van der Waals surface area contributed by atoms with Crippen molar-refractivity contribution in [3.8, 4) is 0 Å². The minimum atomic E-state index is -3.90. The molecule has 0 aromatic heterocycles. The zero-order valence-electron chi connectivity index (χ0n) is 12.8. The number of anilines is 1. The molecule has 2 rings (SSSR count). The standard InChI is InChI=1S/C16H16Cl2N2O3S/c1-2-8-19-16(21)11-4-3-5-13(9-11)24(22,23)20-15-10-12(17)6-7-14(15)18/h3-7,9-10,20H,2,8H2,1H3,(H,19,21). The number of carbonyl (C=O) groups is 1. The fraction of sp³-hybridized carbons (Fsp3) is 0.188. The van der Waals surface area contributed by atoms with Crippen LogP contribution in [0.5, 0.6) is 0 Å². The SMILES string of the molecule is CCCNC(=O)c1cccc(S(=O)(=O)Nc2cc(Cl)ccc2Cl)c1. The molecule has 0 spiro atoms. The van der Waals surface area contributed by atoms with Crippen LogP contribution in [-0.2, 0) is 10.0 Å². The highest BCUT2D eigenvalue weighted by Gasteiger charge is 2.18. The maximum Gasteiger partial charge on any atom is 0.261 e. The molecule has 8 heteroatoms. The van der Waals surface area contributed by atoms with E-state index in [9.17, 15) is 13.2 Å². The monoisotopic (exact) mass is 386 g/mol. The van der Waals surface area contributed by atoms with Crippen LogP contribution in [0, 0.1) is 0 Å². The van der Waals surface area contributed by atoms with Gasteiger partial charge in [-0.25, -0.2) is 8.42 Å². The molecule has 0 unspecified atom stereocenters. The maximum absolute atomic E-state index is 12.5. The van der Waals surface area contributed by atoms with Crippen LogP contribution in [0.15, 0.2) is 47.4 Å². The van der Waals surface area contributed by atoms with E-state index in [-0.39, 0.29) is 27.1 Å². The first-order chi connectivity index (χ1) is 11.3. The number of rotatable bonds is 6.